The van der Waals surface area contributed by atoms with Gasteiger partial charge < -0.3 is 14.9 Å². The van der Waals surface area contributed by atoms with Crippen LogP contribution < -0.4 is 26.9 Å². The summed E-state index contributed by atoms with van der Waals surface area (Å²) in [6.07, 6.45) is 0. The summed E-state index contributed by atoms with van der Waals surface area (Å²) < 4.78 is 10.1. The molecule has 8 heteroatoms. The molecule has 4 N–H and O–H groups in total. The van der Waals surface area contributed by atoms with Crippen LogP contribution in [0.3, 0.4) is 0 Å². The molecule has 1 heterocycles. The lowest BCUT2D eigenvalue weighted by molar-refractivity contribution is 0.0940. The van der Waals surface area contributed by atoms with E-state index in [1.165, 1.54) is 13.2 Å². The molecule has 2 rings (SSSR count). The number of hydrazine groups is 1. The normalized spacial score (nSPS) is 10.1. The van der Waals surface area contributed by atoms with Crippen molar-refractivity contribution in [2.75, 3.05) is 7.11 Å². The molecular formula is C12H11N3O4S. The maximum atomic E-state index is 11.8. The van der Waals surface area contributed by atoms with E-state index in [1.54, 1.807) is 18.2 Å². The highest BCUT2D eigenvalue weighted by atomic mass is 32.1. The van der Waals surface area contributed by atoms with Gasteiger partial charge >= 0.3 is 5.63 Å². The van der Waals surface area contributed by atoms with E-state index in [1.807, 2.05) is 0 Å². The number of rotatable bonds is 2. The first-order valence-corrected chi connectivity index (χ1v) is 5.90. The Morgan fingerprint density at radius 3 is 2.75 bits per heavy atom. The number of nitrogens with one attached hydrogen (secondary N) is 2. The zero-order chi connectivity index (χ0) is 14.7. The average molecular weight is 293 g/mol. The minimum Gasteiger partial charge on any atom is -0.497 e. The van der Waals surface area contributed by atoms with E-state index in [0.717, 1.165) is 0 Å². The molecule has 0 bridgehead atoms. The number of ether oxygens (including phenoxy) is 1. The number of methoxy groups -OCH3 is 1. The molecule has 1 aromatic carbocycles. The van der Waals surface area contributed by atoms with Gasteiger partial charge in [-0.2, -0.15) is 0 Å². The van der Waals surface area contributed by atoms with E-state index < -0.39 is 11.5 Å². The fourth-order valence-corrected chi connectivity index (χ4v) is 1.62. The summed E-state index contributed by atoms with van der Waals surface area (Å²) in [5.41, 5.74) is 9.03. The van der Waals surface area contributed by atoms with Crippen LogP contribution in [0.15, 0.2) is 33.5 Å². The maximum Gasteiger partial charge on any atom is 0.349 e. The van der Waals surface area contributed by atoms with Crippen molar-refractivity contribution in [1.29, 1.82) is 0 Å². The van der Waals surface area contributed by atoms with Crippen molar-refractivity contribution in [3.63, 3.8) is 0 Å². The van der Waals surface area contributed by atoms with Crippen LogP contribution in [-0.2, 0) is 0 Å². The Balaban J connectivity index is 2.42. The number of nitrogens with two attached hydrogens (primary N) is 1. The number of hydrogen-bond acceptors (Lipinski definition) is 5. The predicted molar refractivity (Wildman–Crippen MR) is 76.4 cm³/mol. The van der Waals surface area contributed by atoms with Gasteiger partial charge in [-0.3, -0.25) is 15.6 Å². The predicted octanol–water partition coefficient (Wildman–Crippen LogP) is 0.280. The van der Waals surface area contributed by atoms with E-state index in [0.29, 0.717) is 16.7 Å². The Hall–Kier alpha value is -2.61. The van der Waals surface area contributed by atoms with Crippen molar-refractivity contribution in [2.24, 2.45) is 5.73 Å². The highest BCUT2D eigenvalue weighted by molar-refractivity contribution is 7.80. The van der Waals surface area contributed by atoms with E-state index in [2.05, 4.69) is 23.1 Å². The van der Waals surface area contributed by atoms with Gasteiger partial charge in [0.2, 0.25) is 0 Å². The van der Waals surface area contributed by atoms with Crippen LogP contribution in [0.5, 0.6) is 5.75 Å². The minimum atomic E-state index is -0.759. The molecule has 0 radical (unpaired) electrons. The van der Waals surface area contributed by atoms with Crippen LogP contribution >= 0.6 is 12.2 Å². The molecule has 0 atom stereocenters. The number of amides is 1. The zero-order valence-electron chi connectivity index (χ0n) is 10.4. The third-order valence-electron chi connectivity index (χ3n) is 2.48. The quantitative estimate of drug-likeness (QED) is 0.415. The van der Waals surface area contributed by atoms with Gasteiger partial charge in [-0.05, 0) is 36.5 Å². The zero-order valence-corrected chi connectivity index (χ0v) is 11.2. The third kappa shape index (κ3) is 2.86. The number of benzene rings is 1. The van der Waals surface area contributed by atoms with Crippen LogP contribution in [0.2, 0.25) is 0 Å². The van der Waals surface area contributed by atoms with Crippen molar-refractivity contribution in [1.82, 2.24) is 10.9 Å². The first kappa shape index (κ1) is 13.8. The van der Waals surface area contributed by atoms with Gasteiger partial charge in [0.05, 0.1) is 7.11 Å². The number of hydrogen-bond donors (Lipinski definition) is 3. The highest BCUT2D eigenvalue weighted by Crippen LogP contribution is 2.20. The van der Waals surface area contributed by atoms with E-state index in [9.17, 15) is 9.59 Å². The largest absolute Gasteiger partial charge is 0.497 e. The van der Waals surface area contributed by atoms with Gasteiger partial charge in [0, 0.05) is 5.39 Å². The van der Waals surface area contributed by atoms with Gasteiger partial charge in [-0.15, -0.1) is 0 Å². The SMILES string of the molecule is COc1ccc2oc(=O)c(C(=O)NNC(N)=S)cc2c1. The van der Waals surface area contributed by atoms with Crippen LogP contribution in [0.4, 0.5) is 0 Å². The number of thiocarbonyl (C=S) groups is 1. The third-order valence-corrected chi connectivity index (χ3v) is 2.59. The summed E-state index contributed by atoms with van der Waals surface area (Å²) in [4.78, 5) is 23.5. The molecule has 0 aliphatic heterocycles. The fourth-order valence-electron chi connectivity index (χ4n) is 1.57. The Morgan fingerprint density at radius 1 is 1.35 bits per heavy atom. The average Bonchev–Trinajstić information content (AvgIpc) is 2.43. The summed E-state index contributed by atoms with van der Waals surface area (Å²) in [6, 6.07) is 6.29. The maximum absolute atomic E-state index is 11.8. The van der Waals surface area contributed by atoms with Gasteiger partial charge in [-0.1, -0.05) is 0 Å². The minimum absolute atomic E-state index is 0.120. The number of carbonyl (C=O) groups is 1. The topological polar surface area (TPSA) is 107 Å². The second kappa shape index (κ2) is 5.57. The second-order valence-electron chi connectivity index (χ2n) is 3.79. The first-order chi connectivity index (χ1) is 9.51. The van der Waals surface area contributed by atoms with Crippen molar-refractivity contribution in [2.45, 2.75) is 0 Å². The summed E-state index contributed by atoms with van der Waals surface area (Å²) in [5, 5.41) is 0.439. The lowest BCUT2D eigenvalue weighted by atomic mass is 10.1. The monoisotopic (exact) mass is 293 g/mol. The Bertz CT molecular complexity index is 741. The molecule has 2 aromatic rings. The lowest BCUT2D eigenvalue weighted by Gasteiger charge is -2.06. The molecule has 1 aromatic heterocycles. The molecule has 0 fully saturated rings. The summed E-state index contributed by atoms with van der Waals surface area (Å²) in [5.74, 6) is -0.116. The molecule has 1 amide bonds. The molecule has 0 aliphatic rings. The fraction of sp³-hybridized carbons (Fsp3) is 0.0833. The van der Waals surface area contributed by atoms with E-state index >= 15 is 0 Å². The molecular weight excluding hydrogens is 282 g/mol. The molecule has 20 heavy (non-hydrogen) atoms. The Kier molecular flexibility index (Phi) is 3.85. The van der Waals surface area contributed by atoms with Gasteiger partial charge in [0.1, 0.15) is 16.9 Å². The molecule has 7 nitrogen and oxygen atoms in total. The molecule has 0 aliphatic carbocycles. The first-order valence-electron chi connectivity index (χ1n) is 5.49. The van der Waals surface area contributed by atoms with Gasteiger partial charge in [-0.25, -0.2) is 4.79 Å². The van der Waals surface area contributed by atoms with E-state index in [4.69, 9.17) is 14.9 Å². The molecule has 0 unspecified atom stereocenters. The summed E-state index contributed by atoms with van der Waals surface area (Å²) in [6.45, 7) is 0. The van der Waals surface area contributed by atoms with Gasteiger partial charge in [0.25, 0.3) is 5.91 Å². The summed E-state index contributed by atoms with van der Waals surface area (Å²) in [7, 11) is 1.51. The molecule has 0 saturated heterocycles. The number of fused-ring (bicyclic) bond motifs is 1. The Morgan fingerprint density at radius 2 is 2.10 bits per heavy atom. The van der Waals surface area contributed by atoms with Crippen LogP contribution in [0.1, 0.15) is 10.4 Å². The van der Waals surface area contributed by atoms with Gasteiger partial charge in [0.15, 0.2) is 5.11 Å². The second-order valence-corrected chi connectivity index (χ2v) is 4.23. The smallest absolute Gasteiger partial charge is 0.349 e. The lowest BCUT2D eigenvalue weighted by Crippen LogP contribution is -2.45. The van der Waals surface area contributed by atoms with Crippen molar-refractivity contribution in [3.8, 4) is 5.75 Å². The molecule has 0 spiro atoms. The van der Waals surface area contributed by atoms with Crippen LogP contribution in [0.25, 0.3) is 11.0 Å². The molecule has 104 valence electrons. The molecule has 0 saturated carbocycles. The Labute approximate surface area is 118 Å². The van der Waals surface area contributed by atoms with Crippen molar-refractivity contribution >= 4 is 34.2 Å². The van der Waals surface area contributed by atoms with Crippen LogP contribution in [0, 0.1) is 0 Å². The van der Waals surface area contributed by atoms with Crippen molar-refractivity contribution < 1.29 is 13.9 Å². The highest BCUT2D eigenvalue weighted by Gasteiger charge is 2.13. The number of carbonyl (C=O) groups excluding carboxylic acids is 1. The van der Waals surface area contributed by atoms with Crippen molar-refractivity contribution in [3.05, 3.63) is 40.2 Å². The standard InChI is InChI=1S/C12H11N3O4S/c1-18-7-2-3-9-6(4-7)5-8(11(17)19-9)10(16)14-15-12(13)20/h2-5H,1H3,(H,14,16)(H3,13,15,20). The van der Waals surface area contributed by atoms with E-state index in [-0.39, 0.29) is 10.7 Å². The summed E-state index contributed by atoms with van der Waals surface area (Å²) >= 11 is 4.54. The van der Waals surface area contributed by atoms with Crippen LogP contribution in [-0.4, -0.2) is 18.1 Å².